The Balaban J connectivity index is 2.19. The van der Waals surface area contributed by atoms with Crippen LogP contribution in [0.4, 0.5) is 26.3 Å². The molecule has 0 amide bonds. The molecule has 0 atom stereocenters. The average molecular weight is 474 g/mol. The summed E-state index contributed by atoms with van der Waals surface area (Å²) in [5.41, 5.74) is -3.27. The third-order valence-corrected chi connectivity index (χ3v) is 5.23. The second-order valence-corrected chi connectivity index (χ2v) is 7.36. The summed E-state index contributed by atoms with van der Waals surface area (Å²) < 4.78 is 84.7. The zero-order chi connectivity index (χ0) is 24.7. The first-order chi connectivity index (χ1) is 16.1. The van der Waals surface area contributed by atoms with Gasteiger partial charge in [0.2, 0.25) is 0 Å². The fourth-order valence-corrected chi connectivity index (χ4v) is 3.75. The second-order valence-electron chi connectivity index (χ2n) is 7.36. The summed E-state index contributed by atoms with van der Waals surface area (Å²) in [5.74, 6) is -7.26. The predicted molar refractivity (Wildman–Crippen MR) is 114 cm³/mol. The molecule has 10 heteroatoms. The molecule has 4 aromatic carbocycles. The van der Waals surface area contributed by atoms with Gasteiger partial charge in [-0.25, -0.2) is 26.3 Å². The fourth-order valence-electron chi connectivity index (χ4n) is 3.75. The van der Waals surface area contributed by atoms with Crippen LogP contribution in [0.2, 0.25) is 0 Å². The van der Waals surface area contributed by atoms with E-state index in [1.165, 1.54) is 0 Å². The van der Waals surface area contributed by atoms with Gasteiger partial charge in [-0.2, -0.15) is 0 Å². The quantitative estimate of drug-likeness (QED) is 0.291. The molecule has 34 heavy (non-hydrogen) atoms. The Morgan fingerprint density at radius 2 is 0.912 bits per heavy atom. The SMILES string of the molecule is OB(O)c1cc(-c2ccc(F)cc2F)c(O)c(-c2ccc(F)cc2F)c1-c1ccc(F)cc1F. The van der Waals surface area contributed by atoms with E-state index in [1.54, 1.807) is 0 Å². The van der Waals surface area contributed by atoms with Gasteiger partial charge in [0.15, 0.2) is 0 Å². The highest BCUT2D eigenvalue weighted by molar-refractivity contribution is 6.61. The Morgan fingerprint density at radius 3 is 1.32 bits per heavy atom. The van der Waals surface area contributed by atoms with Gasteiger partial charge >= 0.3 is 7.12 Å². The van der Waals surface area contributed by atoms with Crippen molar-refractivity contribution in [1.29, 1.82) is 0 Å². The molecular weight excluding hydrogens is 461 g/mol. The van der Waals surface area contributed by atoms with Crippen LogP contribution in [0.15, 0.2) is 60.7 Å². The van der Waals surface area contributed by atoms with E-state index in [0.717, 1.165) is 42.5 Å². The van der Waals surface area contributed by atoms with Gasteiger partial charge in [0, 0.05) is 46.0 Å². The summed E-state index contributed by atoms with van der Waals surface area (Å²) in [4.78, 5) is 0. The normalized spacial score (nSPS) is 11.1. The van der Waals surface area contributed by atoms with Crippen LogP contribution in [0, 0.1) is 34.9 Å². The Hall–Kier alpha value is -3.76. The molecule has 4 rings (SSSR count). The van der Waals surface area contributed by atoms with Crippen LogP contribution in [0.1, 0.15) is 0 Å². The van der Waals surface area contributed by atoms with Gasteiger partial charge in [0.25, 0.3) is 0 Å². The maximum atomic E-state index is 14.8. The molecule has 3 N–H and O–H groups in total. The summed E-state index contributed by atoms with van der Waals surface area (Å²) in [6.45, 7) is 0. The molecular formula is C24H13BF6O3. The number of halogens is 6. The Kier molecular flexibility index (Phi) is 6.12. The van der Waals surface area contributed by atoms with E-state index in [1.807, 2.05) is 0 Å². The van der Waals surface area contributed by atoms with Crippen molar-refractivity contribution < 1.29 is 41.5 Å². The molecule has 0 aliphatic heterocycles. The lowest BCUT2D eigenvalue weighted by Crippen LogP contribution is -2.32. The molecule has 0 aliphatic carbocycles. The second kappa shape index (κ2) is 8.88. The Bertz CT molecular complexity index is 1420. The highest BCUT2D eigenvalue weighted by Gasteiger charge is 2.30. The summed E-state index contributed by atoms with van der Waals surface area (Å²) in [6, 6.07) is 7.71. The van der Waals surface area contributed by atoms with Crippen molar-refractivity contribution in [2.24, 2.45) is 0 Å². The topological polar surface area (TPSA) is 60.7 Å². The van der Waals surface area contributed by atoms with Crippen LogP contribution in [0.3, 0.4) is 0 Å². The van der Waals surface area contributed by atoms with Crippen molar-refractivity contribution in [1.82, 2.24) is 0 Å². The molecule has 0 unspecified atom stereocenters. The monoisotopic (exact) mass is 474 g/mol. The number of phenols is 1. The first kappa shape index (κ1) is 23.4. The van der Waals surface area contributed by atoms with Gasteiger partial charge in [0.1, 0.15) is 40.7 Å². The van der Waals surface area contributed by atoms with Gasteiger partial charge in [0.05, 0.1) is 0 Å². The minimum atomic E-state index is -2.36. The van der Waals surface area contributed by atoms with Crippen molar-refractivity contribution in [3.05, 3.63) is 95.6 Å². The van der Waals surface area contributed by atoms with Gasteiger partial charge in [-0.1, -0.05) is 6.07 Å². The zero-order valence-electron chi connectivity index (χ0n) is 17.0. The molecule has 0 saturated carbocycles. The molecule has 0 fully saturated rings. The number of hydrogen-bond acceptors (Lipinski definition) is 3. The summed E-state index contributed by atoms with van der Waals surface area (Å²) in [6.07, 6.45) is 0. The molecule has 0 spiro atoms. The highest BCUT2D eigenvalue weighted by atomic mass is 19.2. The third-order valence-electron chi connectivity index (χ3n) is 5.23. The molecule has 0 radical (unpaired) electrons. The average Bonchev–Trinajstić information content (AvgIpc) is 2.75. The molecule has 0 heterocycles. The molecule has 0 aliphatic rings. The highest BCUT2D eigenvalue weighted by Crippen LogP contribution is 2.45. The maximum Gasteiger partial charge on any atom is 0.489 e. The largest absolute Gasteiger partial charge is 0.507 e. The lowest BCUT2D eigenvalue weighted by atomic mass is 9.71. The molecule has 3 nitrogen and oxygen atoms in total. The summed E-state index contributed by atoms with van der Waals surface area (Å²) in [7, 11) is -2.36. The lowest BCUT2D eigenvalue weighted by Gasteiger charge is -2.21. The van der Waals surface area contributed by atoms with E-state index >= 15 is 0 Å². The number of rotatable bonds is 4. The van der Waals surface area contributed by atoms with E-state index in [-0.39, 0.29) is 0 Å². The van der Waals surface area contributed by atoms with Crippen LogP contribution in [0.5, 0.6) is 5.75 Å². The van der Waals surface area contributed by atoms with Gasteiger partial charge in [-0.05, 0) is 47.4 Å². The number of aromatic hydroxyl groups is 1. The number of phenolic OH excluding ortho intramolecular Hbond substituents is 1. The Labute approximate surface area is 189 Å². The van der Waals surface area contributed by atoms with E-state index < -0.39 is 86.6 Å². The van der Waals surface area contributed by atoms with E-state index in [2.05, 4.69) is 0 Å². The lowest BCUT2D eigenvalue weighted by molar-refractivity contribution is 0.426. The van der Waals surface area contributed by atoms with Gasteiger partial charge in [-0.15, -0.1) is 0 Å². The van der Waals surface area contributed by atoms with Gasteiger partial charge in [-0.3, -0.25) is 0 Å². The minimum Gasteiger partial charge on any atom is -0.507 e. The first-order valence-electron chi connectivity index (χ1n) is 9.70. The van der Waals surface area contributed by atoms with E-state index in [9.17, 15) is 41.5 Å². The summed E-state index contributed by atoms with van der Waals surface area (Å²) in [5, 5.41) is 31.2. The smallest absolute Gasteiger partial charge is 0.489 e. The van der Waals surface area contributed by atoms with Crippen LogP contribution in [-0.2, 0) is 0 Å². The van der Waals surface area contributed by atoms with Crippen molar-refractivity contribution in [3.8, 4) is 39.1 Å². The minimum absolute atomic E-state index is 0.393. The van der Waals surface area contributed by atoms with Crippen LogP contribution in [0.25, 0.3) is 33.4 Å². The third kappa shape index (κ3) is 4.13. The van der Waals surface area contributed by atoms with Crippen molar-refractivity contribution >= 4 is 12.6 Å². The van der Waals surface area contributed by atoms with Gasteiger partial charge < -0.3 is 15.2 Å². The van der Waals surface area contributed by atoms with Crippen molar-refractivity contribution in [3.63, 3.8) is 0 Å². The fraction of sp³-hybridized carbons (Fsp3) is 0. The standard InChI is InChI=1S/C24H13BF6O3/c26-11-1-4-14(19(29)7-11)17-10-18(25(33)34)22(15-5-2-12(27)8-20(15)30)23(24(17)32)16-6-3-13(28)9-21(16)31/h1-10,32-34H. The number of benzene rings is 4. The molecule has 0 aromatic heterocycles. The van der Waals surface area contributed by atoms with E-state index in [4.69, 9.17) is 0 Å². The van der Waals surface area contributed by atoms with Crippen LogP contribution < -0.4 is 5.46 Å². The molecule has 0 bridgehead atoms. The molecule has 172 valence electrons. The Morgan fingerprint density at radius 1 is 0.500 bits per heavy atom. The summed E-state index contributed by atoms with van der Waals surface area (Å²) >= 11 is 0. The molecule has 0 saturated heterocycles. The van der Waals surface area contributed by atoms with Crippen molar-refractivity contribution in [2.45, 2.75) is 0 Å². The maximum absolute atomic E-state index is 14.8. The van der Waals surface area contributed by atoms with Crippen LogP contribution in [-0.4, -0.2) is 22.3 Å². The van der Waals surface area contributed by atoms with Crippen molar-refractivity contribution in [2.75, 3.05) is 0 Å². The number of hydrogen-bond donors (Lipinski definition) is 3. The predicted octanol–water partition coefficient (Wildman–Crippen LogP) is 4.91. The molecule has 4 aromatic rings. The van der Waals surface area contributed by atoms with Crippen LogP contribution >= 0.6 is 0 Å². The van der Waals surface area contributed by atoms with E-state index in [0.29, 0.717) is 18.2 Å². The zero-order valence-corrected chi connectivity index (χ0v) is 17.0. The first-order valence-corrected chi connectivity index (χ1v) is 9.70.